The summed E-state index contributed by atoms with van der Waals surface area (Å²) in [6.45, 7) is 0. The van der Waals surface area contributed by atoms with Crippen molar-refractivity contribution in [3.63, 3.8) is 0 Å². The van der Waals surface area contributed by atoms with Crippen LogP contribution >= 0.6 is 15.9 Å². The average molecular weight is 213 g/mol. The lowest BCUT2D eigenvalue weighted by Crippen LogP contribution is -2.22. The summed E-state index contributed by atoms with van der Waals surface area (Å²) < 4.78 is 0. The van der Waals surface area contributed by atoms with Crippen LogP contribution in [-0.4, -0.2) is 4.83 Å². The molecule has 0 aromatic heterocycles. The standard InChI is InChI=1S/C10H13Br/c11-9-4-3-8-6-1-2-7(5-6)10(8)9/h3-4,6-10H,1-2,5H2. The number of alkyl halides is 1. The fourth-order valence-corrected chi connectivity index (χ4v) is 4.46. The number of halogens is 1. The summed E-state index contributed by atoms with van der Waals surface area (Å²) in [7, 11) is 0. The summed E-state index contributed by atoms with van der Waals surface area (Å²) >= 11 is 3.76. The van der Waals surface area contributed by atoms with Gasteiger partial charge in [0.05, 0.1) is 0 Å². The first-order valence-electron chi connectivity index (χ1n) is 4.68. The van der Waals surface area contributed by atoms with Crippen LogP contribution in [0, 0.1) is 23.7 Å². The lowest BCUT2D eigenvalue weighted by molar-refractivity contribution is 0.292. The highest BCUT2D eigenvalue weighted by Gasteiger charge is 2.50. The molecule has 0 spiro atoms. The van der Waals surface area contributed by atoms with Gasteiger partial charge in [0.2, 0.25) is 0 Å². The Morgan fingerprint density at radius 1 is 1.09 bits per heavy atom. The number of hydrogen-bond donors (Lipinski definition) is 0. The minimum atomic E-state index is 0.711. The lowest BCUT2D eigenvalue weighted by Gasteiger charge is -2.26. The molecular formula is C10H13Br. The van der Waals surface area contributed by atoms with Gasteiger partial charge in [-0.3, -0.25) is 0 Å². The predicted octanol–water partition coefficient (Wildman–Crippen LogP) is 2.98. The largest absolute Gasteiger partial charge is 0.0842 e. The van der Waals surface area contributed by atoms with Gasteiger partial charge in [0, 0.05) is 4.83 Å². The Morgan fingerprint density at radius 3 is 2.73 bits per heavy atom. The van der Waals surface area contributed by atoms with E-state index < -0.39 is 0 Å². The minimum absolute atomic E-state index is 0.711. The highest BCUT2D eigenvalue weighted by atomic mass is 79.9. The molecular weight excluding hydrogens is 200 g/mol. The SMILES string of the molecule is BrC1C=CC2C3CCC(C3)C12. The van der Waals surface area contributed by atoms with E-state index in [0.29, 0.717) is 4.83 Å². The second kappa shape index (κ2) is 2.12. The summed E-state index contributed by atoms with van der Waals surface area (Å²) in [6.07, 6.45) is 9.39. The maximum absolute atomic E-state index is 3.76. The van der Waals surface area contributed by atoms with Crippen molar-refractivity contribution in [3.8, 4) is 0 Å². The molecule has 0 nitrogen and oxygen atoms in total. The first-order chi connectivity index (χ1) is 5.36. The Hall–Kier alpha value is 0.220. The van der Waals surface area contributed by atoms with Crippen molar-refractivity contribution in [2.24, 2.45) is 23.7 Å². The molecule has 3 aliphatic carbocycles. The molecule has 3 rings (SSSR count). The van der Waals surface area contributed by atoms with E-state index in [-0.39, 0.29) is 0 Å². The smallest absolute Gasteiger partial charge is 0.0362 e. The van der Waals surface area contributed by atoms with Gasteiger partial charge in [-0.1, -0.05) is 28.1 Å². The second-order valence-corrected chi connectivity index (χ2v) is 5.37. The highest BCUT2D eigenvalue weighted by molar-refractivity contribution is 9.09. The molecule has 11 heavy (non-hydrogen) atoms. The van der Waals surface area contributed by atoms with E-state index >= 15 is 0 Å². The van der Waals surface area contributed by atoms with Crippen LogP contribution in [0.2, 0.25) is 0 Å². The zero-order valence-electron chi connectivity index (χ0n) is 6.54. The molecule has 0 heterocycles. The van der Waals surface area contributed by atoms with Crippen LogP contribution in [0.1, 0.15) is 19.3 Å². The van der Waals surface area contributed by atoms with E-state index in [9.17, 15) is 0 Å². The Balaban J connectivity index is 1.96. The van der Waals surface area contributed by atoms with Crippen LogP contribution in [0.3, 0.4) is 0 Å². The molecule has 2 fully saturated rings. The molecule has 0 radical (unpaired) electrons. The highest BCUT2D eigenvalue weighted by Crippen LogP contribution is 2.57. The van der Waals surface area contributed by atoms with Crippen LogP contribution < -0.4 is 0 Å². The number of allylic oxidation sites excluding steroid dienone is 2. The molecule has 5 unspecified atom stereocenters. The predicted molar refractivity (Wildman–Crippen MR) is 49.7 cm³/mol. The molecule has 0 amide bonds. The number of rotatable bonds is 0. The third-order valence-corrected chi connectivity index (χ3v) is 4.85. The summed E-state index contributed by atoms with van der Waals surface area (Å²) in [6, 6.07) is 0. The summed E-state index contributed by atoms with van der Waals surface area (Å²) in [5.41, 5.74) is 0. The van der Waals surface area contributed by atoms with Gasteiger partial charge in [-0.25, -0.2) is 0 Å². The zero-order valence-corrected chi connectivity index (χ0v) is 8.13. The van der Waals surface area contributed by atoms with Gasteiger partial charge < -0.3 is 0 Å². The van der Waals surface area contributed by atoms with Crippen molar-refractivity contribution in [2.45, 2.75) is 24.1 Å². The fraction of sp³-hybridized carbons (Fsp3) is 0.800. The van der Waals surface area contributed by atoms with Gasteiger partial charge in [-0.05, 0) is 42.9 Å². The molecule has 5 atom stereocenters. The summed E-state index contributed by atoms with van der Waals surface area (Å²) in [5.74, 6) is 4.06. The Labute approximate surface area is 76.2 Å². The van der Waals surface area contributed by atoms with Gasteiger partial charge in [0.1, 0.15) is 0 Å². The monoisotopic (exact) mass is 212 g/mol. The van der Waals surface area contributed by atoms with E-state index in [4.69, 9.17) is 0 Å². The van der Waals surface area contributed by atoms with Gasteiger partial charge >= 0.3 is 0 Å². The topological polar surface area (TPSA) is 0 Å². The second-order valence-electron chi connectivity index (χ2n) is 4.32. The van der Waals surface area contributed by atoms with Crippen molar-refractivity contribution in [3.05, 3.63) is 12.2 Å². The third-order valence-electron chi connectivity index (χ3n) is 3.93. The average Bonchev–Trinajstić information content (AvgIpc) is 2.60. The molecule has 3 aliphatic rings. The Kier molecular flexibility index (Phi) is 1.30. The molecule has 2 bridgehead atoms. The van der Waals surface area contributed by atoms with E-state index in [1.54, 1.807) is 0 Å². The van der Waals surface area contributed by atoms with Crippen molar-refractivity contribution < 1.29 is 0 Å². The van der Waals surface area contributed by atoms with Gasteiger partial charge in [-0.2, -0.15) is 0 Å². The minimum Gasteiger partial charge on any atom is -0.0842 e. The number of hydrogen-bond acceptors (Lipinski definition) is 0. The van der Waals surface area contributed by atoms with Crippen molar-refractivity contribution in [2.75, 3.05) is 0 Å². The van der Waals surface area contributed by atoms with Crippen molar-refractivity contribution in [1.82, 2.24) is 0 Å². The third kappa shape index (κ3) is 0.756. The van der Waals surface area contributed by atoms with Crippen molar-refractivity contribution in [1.29, 1.82) is 0 Å². The van der Waals surface area contributed by atoms with Gasteiger partial charge in [-0.15, -0.1) is 0 Å². The fourth-order valence-electron chi connectivity index (χ4n) is 3.50. The van der Waals surface area contributed by atoms with Crippen LogP contribution in [0.15, 0.2) is 12.2 Å². The first-order valence-corrected chi connectivity index (χ1v) is 5.60. The molecule has 0 aliphatic heterocycles. The van der Waals surface area contributed by atoms with Crippen molar-refractivity contribution >= 4 is 15.9 Å². The lowest BCUT2D eigenvalue weighted by atomic mass is 9.81. The normalized spacial score (nSPS) is 58.8. The van der Waals surface area contributed by atoms with E-state index in [1.807, 2.05) is 0 Å². The zero-order chi connectivity index (χ0) is 7.42. The van der Waals surface area contributed by atoms with Gasteiger partial charge in [0.25, 0.3) is 0 Å². The molecule has 1 heteroatoms. The molecule has 0 aromatic rings. The first kappa shape index (κ1) is 6.71. The maximum Gasteiger partial charge on any atom is 0.0362 e. The maximum atomic E-state index is 3.76. The van der Waals surface area contributed by atoms with E-state index in [2.05, 4.69) is 28.1 Å². The van der Waals surface area contributed by atoms with E-state index in [0.717, 1.165) is 23.7 Å². The molecule has 60 valence electrons. The van der Waals surface area contributed by atoms with Crippen LogP contribution in [0.5, 0.6) is 0 Å². The van der Waals surface area contributed by atoms with Crippen LogP contribution in [0.4, 0.5) is 0 Å². The van der Waals surface area contributed by atoms with Gasteiger partial charge in [0.15, 0.2) is 0 Å². The van der Waals surface area contributed by atoms with E-state index in [1.165, 1.54) is 19.3 Å². The Morgan fingerprint density at radius 2 is 1.91 bits per heavy atom. The van der Waals surface area contributed by atoms with Crippen LogP contribution in [0.25, 0.3) is 0 Å². The molecule has 2 saturated carbocycles. The quantitative estimate of drug-likeness (QED) is 0.428. The molecule has 0 N–H and O–H groups in total. The molecule has 0 saturated heterocycles. The van der Waals surface area contributed by atoms with Crippen LogP contribution in [-0.2, 0) is 0 Å². The number of fused-ring (bicyclic) bond motifs is 5. The Bertz CT molecular complexity index is 209. The summed E-state index contributed by atoms with van der Waals surface area (Å²) in [4.78, 5) is 0.711. The summed E-state index contributed by atoms with van der Waals surface area (Å²) in [5, 5.41) is 0. The molecule has 0 aromatic carbocycles.